The van der Waals surface area contributed by atoms with Crippen LogP contribution in [0.3, 0.4) is 0 Å². The number of nitrogens with zero attached hydrogens (tertiary/aromatic N) is 1. The monoisotopic (exact) mass is 282 g/mol. The fourth-order valence-electron chi connectivity index (χ4n) is 2.26. The highest BCUT2D eigenvalue weighted by Gasteiger charge is 2.25. The van der Waals surface area contributed by atoms with Gasteiger partial charge in [0.05, 0.1) is 12.2 Å². The van der Waals surface area contributed by atoms with Crippen molar-refractivity contribution in [2.75, 3.05) is 0 Å². The first-order chi connectivity index (χ1) is 10.2. The smallest absolute Gasteiger partial charge is 0.170 e. The van der Waals surface area contributed by atoms with Crippen molar-refractivity contribution in [3.8, 4) is 6.07 Å². The van der Waals surface area contributed by atoms with E-state index in [1.165, 1.54) is 0 Å². The number of rotatable bonds is 4. The summed E-state index contributed by atoms with van der Waals surface area (Å²) in [6, 6.07) is 12.0. The molecule has 1 atom stereocenters. The standard InChI is InChI=1S/C17H18N2O2/c1-12(2)16-15(9-8-14(10-18)17(16)21-19)20-11-13-6-4-3-5-7-13/h3-9,15H,11,19H2,1-2H3. The molecule has 0 spiro atoms. The number of hydrogen-bond acceptors (Lipinski definition) is 4. The summed E-state index contributed by atoms with van der Waals surface area (Å²) in [6.45, 7) is 4.37. The highest BCUT2D eigenvalue weighted by Crippen LogP contribution is 2.30. The first-order valence-electron chi connectivity index (χ1n) is 6.70. The van der Waals surface area contributed by atoms with Crippen molar-refractivity contribution in [3.63, 3.8) is 0 Å². The summed E-state index contributed by atoms with van der Waals surface area (Å²) in [7, 11) is 0. The third-order valence-electron chi connectivity index (χ3n) is 3.26. The molecule has 1 aliphatic carbocycles. The fourth-order valence-corrected chi connectivity index (χ4v) is 2.26. The molecule has 0 aliphatic heterocycles. The number of allylic oxidation sites excluding steroid dienone is 3. The maximum atomic E-state index is 9.13. The molecular formula is C17H18N2O2. The van der Waals surface area contributed by atoms with Crippen LogP contribution in [0.2, 0.25) is 0 Å². The molecule has 0 saturated heterocycles. The van der Waals surface area contributed by atoms with Gasteiger partial charge >= 0.3 is 0 Å². The average Bonchev–Trinajstić information content (AvgIpc) is 2.52. The van der Waals surface area contributed by atoms with Crippen LogP contribution in [-0.4, -0.2) is 6.10 Å². The van der Waals surface area contributed by atoms with Gasteiger partial charge in [0.25, 0.3) is 0 Å². The van der Waals surface area contributed by atoms with Crippen molar-refractivity contribution in [2.45, 2.75) is 26.6 Å². The zero-order valence-electron chi connectivity index (χ0n) is 12.2. The molecule has 0 amide bonds. The molecule has 2 rings (SSSR count). The molecule has 1 aromatic rings. The number of nitrogens with two attached hydrogens (primary N) is 1. The summed E-state index contributed by atoms with van der Waals surface area (Å²) < 4.78 is 5.94. The quantitative estimate of drug-likeness (QED) is 0.861. The van der Waals surface area contributed by atoms with Crippen molar-refractivity contribution in [1.29, 1.82) is 5.26 Å². The molecular weight excluding hydrogens is 264 g/mol. The second kappa shape index (κ2) is 6.89. The van der Waals surface area contributed by atoms with Crippen LogP contribution in [0, 0.1) is 11.3 Å². The van der Waals surface area contributed by atoms with Gasteiger partial charge in [-0.25, -0.2) is 0 Å². The largest absolute Gasteiger partial charge is 0.410 e. The summed E-state index contributed by atoms with van der Waals surface area (Å²) in [4.78, 5) is 4.92. The molecule has 4 heteroatoms. The minimum atomic E-state index is -0.272. The third-order valence-corrected chi connectivity index (χ3v) is 3.26. The van der Waals surface area contributed by atoms with E-state index in [0.29, 0.717) is 17.9 Å². The summed E-state index contributed by atoms with van der Waals surface area (Å²) in [5.74, 6) is 5.72. The highest BCUT2D eigenvalue weighted by molar-refractivity contribution is 5.52. The van der Waals surface area contributed by atoms with Gasteiger partial charge in [-0.05, 0) is 31.6 Å². The van der Waals surface area contributed by atoms with Crippen LogP contribution in [0.25, 0.3) is 0 Å². The molecule has 1 aliphatic rings. The van der Waals surface area contributed by atoms with Crippen molar-refractivity contribution >= 4 is 0 Å². The van der Waals surface area contributed by atoms with Crippen LogP contribution in [0.15, 0.2) is 65.0 Å². The van der Waals surface area contributed by atoms with Crippen LogP contribution in [-0.2, 0) is 16.2 Å². The zero-order chi connectivity index (χ0) is 15.2. The van der Waals surface area contributed by atoms with Gasteiger partial charge in [0, 0.05) is 5.57 Å². The Balaban J connectivity index is 2.22. The minimum absolute atomic E-state index is 0.272. The van der Waals surface area contributed by atoms with Crippen molar-refractivity contribution in [1.82, 2.24) is 0 Å². The van der Waals surface area contributed by atoms with Crippen LogP contribution >= 0.6 is 0 Å². The van der Waals surface area contributed by atoms with E-state index >= 15 is 0 Å². The molecule has 21 heavy (non-hydrogen) atoms. The van der Waals surface area contributed by atoms with E-state index in [9.17, 15) is 0 Å². The van der Waals surface area contributed by atoms with Gasteiger partial charge in [-0.15, -0.1) is 0 Å². The molecule has 0 saturated carbocycles. The van der Waals surface area contributed by atoms with Crippen LogP contribution in [0.1, 0.15) is 19.4 Å². The Morgan fingerprint density at radius 2 is 2.00 bits per heavy atom. The predicted octanol–water partition coefficient (Wildman–Crippen LogP) is 3.15. The molecule has 0 heterocycles. The molecule has 0 bridgehead atoms. The van der Waals surface area contributed by atoms with Crippen molar-refractivity contribution in [2.24, 2.45) is 5.90 Å². The molecule has 2 N–H and O–H groups in total. The Morgan fingerprint density at radius 1 is 1.29 bits per heavy atom. The maximum absolute atomic E-state index is 9.13. The van der Waals surface area contributed by atoms with E-state index in [4.69, 9.17) is 20.7 Å². The van der Waals surface area contributed by atoms with Crippen molar-refractivity contribution < 1.29 is 9.57 Å². The maximum Gasteiger partial charge on any atom is 0.170 e. The van der Waals surface area contributed by atoms with Crippen LogP contribution in [0.4, 0.5) is 0 Å². The number of hydrogen-bond donors (Lipinski definition) is 1. The lowest BCUT2D eigenvalue weighted by molar-refractivity contribution is 0.0855. The van der Waals surface area contributed by atoms with E-state index in [1.807, 2.05) is 50.3 Å². The van der Waals surface area contributed by atoms with E-state index in [-0.39, 0.29) is 6.10 Å². The lowest BCUT2D eigenvalue weighted by atomic mass is 9.94. The zero-order valence-corrected chi connectivity index (χ0v) is 12.2. The van der Waals surface area contributed by atoms with E-state index in [2.05, 4.69) is 6.07 Å². The number of nitriles is 1. The number of ether oxygens (including phenoxy) is 1. The Labute approximate surface area is 124 Å². The van der Waals surface area contributed by atoms with Crippen molar-refractivity contribution in [3.05, 3.63) is 70.5 Å². The Morgan fingerprint density at radius 3 is 2.57 bits per heavy atom. The Hall–Kier alpha value is -2.35. The summed E-state index contributed by atoms with van der Waals surface area (Å²) in [5.41, 5.74) is 3.32. The summed E-state index contributed by atoms with van der Waals surface area (Å²) in [5, 5.41) is 9.13. The lowest BCUT2D eigenvalue weighted by Crippen LogP contribution is -2.22. The van der Waals surface area contributed by atoms with E-state index in [1.54, 1.807) is 6.08 Å². The third kappa shape index (κ3) is 3.40. The fraction of sp³-hybridized carbons (Fsp3) is 0.235. The van der Waals surface area contributed by atoms with E-state index < -0.39 is 0 Å². The van der Waals surface area contributed by atoms with E-state index in [0.717, 1.165) is 16.7 Å². The molecule has 0 fully saturated rings. The van der Waals surface area contributed by atoms with Gasteiger partial charge in [-0.2, -0.15) is 11.2 Å². The number of benzene rings is 1. The second-order valence-electron chi connectivity index (χ2n) is 4.96. The summed E-state index contributed by atoms with van der Waals surface area (Å²) >= 11 is 0. The Bertz CT molecular complexity index is 633. The summed E-state index contributed by atoms with van der Waals surface area (Å²) in [6.07, 6.45) is 3.27. The molecule has 0 radical (unpaired) electrons. The topological polar surface area (TPSA) is 68.3 Å². The van der Waals surface area contributed by atoms with Gasteiger partial charge in [0.15, 0.2) is 5.76 Å². The molecule has 0 aromatic heterocycles. The molecule has 1 unspecified atom stereocenters. The second-order valence-corrected chi connectivity index (χ2v) is 4.96. The molecule has 108 valence electrons. The van der Waals surface area contributed by atoms with Crippen LogP contribution < -0.4 is 5.90 Å². The van der Waals surface area contributed by atoms with Gasteiger partial charge in [-0.3, -0.25) is 0 Å². The van der Waals surface area contributed by atoms with Gasteiger partial charge in [0.1, 0.15) is 12.2 Å². The van der Waals surface area contributed by atoms with Crippen LogP contribution in [0.5, 0.6) is 0 Å². The predicted molar refractivity (Wildman–Crippen MR) is 80.4 cm³/mol. The minimum Gasteiger partial charge on any atom is -0.410 e. The SMILES string of the molecule is CC(C)=C1C(ON)=C(C#N)C=CC1OCc1ccccc1. The van der Waals surface area contributed by atoms with Gasteiger partial charge < -0.3 is 9.57 Å². The normalized spacial score (nSPS) is 17.6. The van der Waals surface area contributed by atoms with Gasteiger partial charge in [0.2, 0.25) is 0 Å². The molecule has 4 nitrogen and oxygen atoms in total. The first kappa shape index (κ1) is 15.0. The highest BCUT2D eigenvalue weighted by atomic mass is 16.6. The van der Waals surface area contributed by atoms with Gasteiger partial charge in [-0.1, -0.05) is 35.9 Å². The average molecular weight is 282 g/mol. The molecule has 1 aromatic carbocycles. The Kier molecular flexibility index (Phi) is 4.94. The first-order valence-corrected chi connectivity index (χ1v) is 6.70. The lowest BCUT2D eigenvalue weighted by Gasteiger charge is -2.24.